The van der Waals surface area contributed by atoms with Gasteiger partial charge in [0.1, 0.15) is 0 Å². The van der Waals surface area contributed by atoms with Crippen molar-refractivity contribution in [3.63, 3.8) is 0 Å². The standard InChI is InChI=1S/C17H15BCl2N2O9/c1-8(18-30-14(26)6-17(31-18,16(28)29)5-13(24)25)22-12(23)7-21-15(27)10-4-9(19)2-3-11(10)20/h2-4H,1,5-7H2,(H,21,27)(H,22,23)(H,24,25)(H,28,29). The van der Waals surface area contributed by atoms with E-state index in [9.17, 15) is 29.1 Å². The normalized spacial score (nSPS) is 18.0. The summed E-state index contributed by atoms with van der Waals surface area (Å²) in [4.78, 5) is 58.6. The molecule has 1 heterocycles. The average Bonchev–Trinajstić information content (AvgIpc) is 2.66. The van der Waals surface area contributed by atoms with Crippen LogP contribution in [-0.2, 0) is 28.5 Å². The van der Waals surface area contributed by atoms with Crippen LogP contribution in [0.5, 0.6) is 0 Å². The molecule has 1 aromatic carbocycles. The molecular formula is C17H15BCl2N2O9. The summed E-state index contributed by atoms with van der Waals surface area (Å²) in [5, 5.41) is 23.1. The molecule has 14 heteroatoms. The van der Waals surface area contributed by atoms with Crippen LogP contribution in [0, 0.1) is 0 Å². The Bertz CT molecular complexity index is 967. The SMILES string of the molecule is C=C(NC(=O)CNC(=O)c1cc(Cl)ccc1Cl)B1OC(=O)CC(CC(=O)O)(C(=O)O)O1. The molecule has 1 aromatic rings. The van der Waals surface area contributed by atoms with Gasteiger partial charge in [0.25, 0.3) is 11.9 Å². The Kier molecular flexibility index (Phi) is 7.66. The number of aliphatic carboxylic acids is 2. The molecule has 1 fully saturated rings. The predicted molar refractivity (Wildman–Crippen MR) is 106 cm³/mol. The van der Waals surface area contributed by atoms with Gasteiger partial charge in [0.15, 0.2) is 5.60 Å². The molecule has 0 radical (unpaired) electrons. The van der Waals surface area contributed by atoms with Gasteiger partial charge in [0.2, 0.25) is 5.91 Å². The van der Waals surface area contributed by atoms with Crippen molar-refractivity contribution in [1.29, 1.82) is 0 Å². The van der Waals surface area contributed by atoms with E-state index in [4.69, 9.17) is 37.6 Å². The fraction of sp³-hybridized carbons (Fsp3) is 0.235. The van der Waals surface area contributed by atoms with Crippen molar-refractivity contribution < 1.29 is 43.5 Å². The van der Waals surface area contributed by atoms with Crippen molar-refractivity contribution in [2.45, 2.75) is 18.4 Å². The van der Waals surface area contributed by atoms with Crippen LogP contribution < -0.4 is 10.6 Å². The molecule has 1 saturated heterocycles. The minimum Gasteiger partial charge on any atom is -0.505 e. The van der Waals surface area contributed by atoms with Crippen LogP contribution in [0.1, 0.15) is 23.2 Å². The summed E-state index contributed by atoms with van der Waals surface area (Å²) in [5.41, 5.74) is -2.73. The Morgan fingerprint density at radius 2 is 1.90 bits per heavy atom. The highest BCUT2D eigenvalue weighted by Crippen LogP contribution is 2.29. The zero-order chi connectivity index (χ0) is 23.3. The molecule has 31 heavy (non-hydrogen) atoms. The second-order valence-electron chi connectivity index (χ2n) is 6.37. The lowest BCUT2D eigenvalue weighted by Gasteiger charge is -2.35. The molecule has 1 aliphatic rings. The third kappa shape index (κ3) is 6.20. The zero-order valence-corrected chi connectivity index (χ0v) is 17.2. The van der Waals surface area contributed by atoms with E-state index in [1.165, 1.54) is 18.2 Å². The van der Waals surface area contributed by atoms with E-state index < -0.39 is 61.8 Å². The molecule has 11 nitrogen and oxygen atoms in total. The summed E-state index contributed by atoms with van der Waals surface area (Å²) in [6.07, 6.45) is -1.87. The molecule has 0 aromatic heterocycles. The van der Waals surface area contributed by atoms with Crippen molar-refractivity contribution in [3.05, 3.63) is 46.0 Å². The highest BCUT2D eigenvalue weighted by Gasteiger charge is 2.53. The van der Waals surface area contributed by atoms with Gasteiger partial charge in [0.05, 0.1) is 35.6 Å². The molecule has 1 unspecified atom stereocenters. The lowest BCUT2D eigenvalue weighted by Crippen LogP contribution is -2.56. The number of carboxylic acids is 2. The third-order valence-electron chi connectivity index (χ3n) is 3.99. The number of hydrogen-bond donors (Lipinski definition) is 4. The van der Waals surface area contributed by atoms with Gasteiger partial charge >= 0.3 is 19.1 Å². The molecule has 4 N–H and O–H groups in total. The first-order chi connectivity index (χ1) is 14.4. The fourth-order valence-electron chi connectivity index (χ4n) is 2.57. The van der Waals surface area contributed by atoms with Gasteiger partial charge in [-0.15, -0.1) is 0 Å². The number of benzene rings is 1. The zero-order valence-electron chi connectivity index (χ0n) is 15.6. The van der Waals surface area contributed by atoms with Crippen LogP contribution in [0.25, 0.3) is 0 Å². The number of carboxylic acid groups (broad SMARTS) is 2. The van der Waals surface area contributed by atoms with E-state index in [0.717, 1.165) is 0 Å². The summed E-state index contributed by atoms with van der Waals surface area (Å²) in [7, 11) is -1.75. The van der Waals surface area contributed by atoms with E-state index in [1.54, 1.807) is 0 Å². The molecule has 0 bridgehead atoms. The van der Waals surface area contributed by atoms with Crippen molar-refractivity contribution >= 4 is 60.0 Å². The van der Waals surface area contributed by atoms with Crippen LogP contribution >= 0.6 is 23.2 Å². The number of rotatable bonds is 8. The summed E-state index contributed by atoms with van der Waals surface area (Å²) in [6, 6.07) is 4.19. The van der Waals surface area contributed by atoms with Crippen molar-refractivity contribution in [2.75, 3.05) is 6.54 Å². The van der Waals surface area contributed by atoms with E-state index in [-0.39, 0.29) is 21.2 Å². The van der Waals surface area contributed by atoms with Crippen molar-refractivity contribution in [3.8, 4) is 0 Å². The summed E-state index contributed by atoms with van der Waals surface area (Å²) < 4.78 is 9.95. The van der Waals surface area contributed by atoms with Crippen molar-refractivity contribution in [1.82, 2.24) is 10.6 Å². The first kappa shape index (κ1) is 24.2. The van der Waals surface area contributed by atoms with Crippen LogP contribution in [0.2, 0.25) is 10.0 Å². The number of nitrogens with one attached hydrogen (secondary N) is 2. The first-order valence-electron chi connectivity index (χ1n) is 8.48. The number of halogens is 2. The van der Waals surface area contributed by atoms with Crippen LogP contribution in [0.4, 0.5) is 0 Å². The maximum Gasteiger partial charge on any atom is 0.582 e. The Labute approximate surface area is 185 Å². The lowest BCUT2D eigenvalue weighted by molar-refractivity contribution is -0.174. The van der Waals surface area contributed by atoms with E-state index in [0.29, 0.717) is 0 Å². The molecule has 0 aliphatic carbocycles. The van der Waals surface area contributed by atoms with E-state index in [1.807, 2.05) is 0 Å². The molecule has 1 aliphatic heterocycles. The Balaban J connectivity index is 2.00. The molecule has 164 valence electrons. The Morgan fingerprint density at radius 1 is 1.23 bits per heavy atom. The third-order valence-corrected chi connectivity index (χ3v) is 4.56. The van der Waals surface area contributed by atoms with Gasteiger partial charge in [-0.25, -0.2) is 4.79 Å². The topological polar surface area (TPSA) is 168 Å². The lowest BCUT2D eigenvalue weighted by atomic mass is 9.79. The minimum atomic E-state index is -2.39. The van der Waals surface area contributed by atoms with Gasteiger partial charge < -0.3 is 30.2 Å². The van der Waals surface area contributed by atoms with Gasteiger partial charge in [-0.05, 0) is 18.2 Å². The van der Waals surface area contributed by atoms with Crippen LogP contribution in [0.15, 0.2) is 30.4 Å². The number of hydrogen-bond acceptors (Lipinski definition) is 7. The fourth-order valence-corrected chi connectivity index (χ4v) is 2.94. The first-order valence-corrected chi connectivity index (χ1v) is 9.23. The number of carbonyl (C=O) groups excluding carboxylic acids is 3. The predicted octanol–water partition coefficient (Wildman–Crippen LogP) is 0.642. The highest BCUT2D eigenvalue weighted by molar-refractivity contribution is 6.56. The molecule has 2 rings (SSSR count). The molecule has 0 spiro atoms. The largest absolute Gasteiger partial charge is 0.582 e. The van der Waals surface area contributed by atoms with Gasteiger partial charge in [-0.3, -0.25) is 19.2 Å². The maximum absolute atomic E-state index is 12.1. The summed E-state index contributed by atoms with van der Waals surface area (Å²) in [6.45, 7) is 2.89. The Hall–Kier alpha value is -3.09. The van der Waals surface area contributed by atoms with Crippen molar-refractivity contribution in [2.24, 2.45) is 0 Å². The second kappa shape index (κ2) is 9.81. The smallest absolute Gasteiger partial charge is 0.505 e. The monoisotopic (exact) mass is 472 g/mol. The number of amides is 2. The molecule has 1 atom stereocenters. The van der Waals surface area contributed by atoms with Gasteiger partial charge in [-0.1, -0.05) is 29.8 Å². The quantitative estimate of drug-likeness (QED) is 0.396. The van der Waals surface area contributed by atoms with E-state index in [2.05, 4.69) is 17.2 Å². The summed E-state index contributed by atoms with van der Waals surface area (Å²) in [5.74, 6) is -5.78. The maximum atomic E-state index is 12.1. The molecule has 2 amide bonds. The Morgan fingerprint density at radius 3 is 2.52 bits per heavy atom. The minimum absolute atomic E-state index is 0.0326. The molecular weight excluding hydrogens is 458 g/mol. The van der Waals surface area contributed by atoms with Crippen LogP contribution in [0.3, 0.4) is 0 Å². The summed E-state index contributed by atoms with van der Waals surface area (Å²) >= 11 is 11.7. The van der Waals surface area contributed by atoms with Gasteiger partial charge in [-0.2, -0.15) is 0 Å². The van der Waals surface area contributed by atoms with Gasteiger partial charge in [0, 0.05) is 5.02 Å². The second-order valence-corrected chi connectivity index (χ2v) is 7.21. The van der Waals surface area contributed by atoms with Crippen LogP contribution in [-0.4, -0.2) is 59.2 Å². The average molecular weight is 473 g/mol. The number of carbonyl (C=O) groups is 5. The van der Waals surface area contributed by atoms with E-state index >= 15 is 0 Å². The highest BCUT2D eigenvalue weighted by atomic mass is 35.5. The molecule has 0 saturated carbocycles.